The van der Waals surface area contributed by atoms with Crippen molar-refractivity contribution < 1.29 is 81.6 Å². The van der Waals surface area contributed by atoms with Crippen molar-refractivity contribution in [2.24, 2.45) is 0 Å². The number of alkyl halides is 6. The van der Waals surface area contributed by atoms with Crippen molar-refractivity contribution in [2.75, 3.05) is 6.54 Å². The van der Waals surface area contributed by atoms with Crippen LogP contribution in [0.25, 0.3) is 4.13 Å². The number of imidazole rings is 1. The van der Waals surface area contributed by atoms with Crippen LogP contribution in [0.15, 0.2) is 18.7 Å². The van der Waals surface area contributed by atoms with Crippen LogP contribution in [-0.2, 0) is 47.5 Å². The second-order valence-corrected chi connectivity index (χ2v) is 13.2. The van der Waals surface area contributed by atoms with Crippen molar-refractivity contribution in [3.8, 4) is 0 Å². The Bertz CT molecular complexity index is 1170. The first kappa shape index (κ1) is 34.7. The normalized spacial score (nSPS) is 18.8. The van der Waals surface area contributed by atoms with Gasteiger partial charge in [-0.2, -0.15) is 26.3 Å². The molecule has 1 aliphatic rings. The molecule has 24 heteroatoms. The molecule has 5 N–H and O–H groups in total. The third-order valence-electron chi connectivity index (χ3n) is 4.45. The number of sulfonamides is 2. The molecule has 15 nitrogen and oxygen atoms in total. The summed E-state index contributed by atoms with van der Waals surface area (Å²) in [6.45, 7) is 0.800. The average molecular weight is 641 g/mol. The topological polar surface area (TPSA) is 228 Å². The Hall–Kier alpha value is -2.35. The van der Waals surface area contributed by atoms with E-state index < -0.39 is 64.0 Å². The van der Waals surface area contributed by atoms with Gasteiger partial charge < -0.3 is 33.7 Å². The van der Waals surface area contributed by atoms with Gasteiger partial charge in [0.15, 0.2) is 26.6 Å². The maximum Gasteiger partial charge on any atom is 0.492 e. The molecule has 0 unspecified atom stereocenters. The highest BCUT2D eigenvalue weighted by Crippen LogP contribution is 2.36. The number of carbonyl (C=O) groups excluding carboxylic acids is 1. The van der Waals surface area contributed by atoms with Gasteiger partial charge in [-0.05, 0) is 6.42 Å². The largest absolute Gasteiger partial charge is 0.492 e. The molecule has 0 aliphatic carbocycles. The van der Waals surface area contributed by atoms with Crippen molar-refractivity contribution in [3.05, 3.63) is 22.8 Å². The third-order valence-corrected chi connectivity index (χ3v) is 8.22. The van der Waals surface area contributed by atoms with Crippen LogP contribution in [0.2, 0.25) is 6.04 Å². The van der Waals surface area contributed by atoms with Crippen LogP contribution in [0.4, 0.5) is 26.3 Å². The predicted octanol–water partition coefficient (Wildman–Crippen LogP) is -1.50. The summed E-state index contributed by atoms with van der Waals surface area (Å²) in [5.74, 6) is -1.41. The lowest BCUT2D eigenvalue weighted by Crippen LogP contribution is -2.38. The molecule has 1 fully saturated rings. The molecule has 39 heavy (non-hydrogen) atoms. The van der Waals surface area contributed by atoms with Crippen LogP contribution in [0.3, 0.4) is 0 Å². The summed E-state index contributed by atoms with van der Waals surface area (Å²) in [6.07, 6.45) is 5.28. The molecule has 0 saturated carbocycles. The number of aromatic nitrogens is 2. The van der Waals surface area contributed by atoms with E-state index in [1.807, 2.05) is 0 Å². The Morgan fingerprint density at radius 1 is 1.08 bits per heavy atom. The fourth-order valence-electron chi connectivity index (χ4n) is 2.73. The lowest BCUT2D eigenvalue weighted by Gasteiger charge is -2.22. The van der Waals surface area contributed by atoms with Crippen LogP contribution >= 0.6 is 0 Å². The van der Waals surface area contributed by atoms with Gasteiger partial charge in [-0.1, -0.05) is 0 Å². The minimum Gasteiger partial charge on any atom is -0.480 e. The van der Waals surface area contributed by atoms with Crippen molar-refractivity contribution in [1.29, 1.82) is 0 Å². The lowest BCUT2D eigenvalue weighted by atomic mass is 10.2. The van der Waals surface area contributed by atoms with Crippen LogP contribution in [-0.4, -0.2) is 91.3 Å². The van der Waals surface area contributed by atoms with Crippen LogP contribution < -0.4 is 9.88 Å². The fraction of sp³-hybridized carbons (Fsp3) is 0.667. The smallest absolute Gasteiger partial charge is 0.480 e. The van der Waals surface area contributed by atoms with Gasteiger partial charge in [0, 0.05) is 19.0 Å². The number of aliphatic carboxylic acids is 1. The Labute approximate surface area is 217 Å². The molecule has 1 saturated heterocycles. The van der Waals surface area contributed by atoms with E-state index in [2.05, 4.69) is 5.32 Å². The summed E-state index contributed by atoms with van der Waals surface area (Å²) < 4.78 is 118. The van der Waals surface area contributed by atoms with Gasteiger partial charge >= 0.3 is 31.8 Å². The zero-order valence-corrected chi connectivity index (χ0v) is 21.8. The number of rotatable bonds is 10. The third kappa shape index (κ3) is 11.7. The highest BCUT2D eigenvalue weighted by atomic mass is 32.3. The molecule has 1 aromatic heterocycles. The van der Waals surface area contributed by atoms with Crippen LogP contribution in [0.1, 0.15) is 12.8 Å². The van der Waals surface area contributed by atoms with Crippen molar-refractivity contribution in [3.63, 3.8) is 0 Å². The van der Waals surface area contributed by atoms with E-state index in [9.17, 15) is 52.8 Å². The molecular weight excluding hydrogens is 618 g/mol. The summed E-state index contributed by atoms with van der Waals surface area (Å²) in [4.78, 5) is 49.5. The summed E-state index contributed by atoms with van der Waals surface area (Å²) >= 11 is 0. The number of aryl methyl sites for hydroxylation is 1. The standard InChI is InChI=1S/C13H21N3O7Si.C2F6NO4S2/c17-12(23-10-6-11(13(18)19)14-7-10)8-16-4-3-15(9-16)2-1-5-24(20,21)22;3-1(4,5)14(10,11)9-15(12,13)2(6,7)8/h3-4,9-11,14,20-22H,1-2,5-8H2;/q;-1/p+1/t10-,11+;/m1./s1. The number of halogens is 6. The zero-order valence-electron chi connectivity index (χ0n) is 19.2. The maximum atomic E-state index is 11.9. The van der Waals surface area contributed by atoms with E-state index in [4.69, 9.17) is 24.2 Å². The van der Waals surface area contributed by atoms with Gasteiger partial charge in [-0.25, -0.2) is 30.8 Å². The summed E-state index contributed by atoms with van der Waals surface area (Å²) in [5.41, 5.74) is -12.4. The minimum atomic E-state index is -6.72. The average Bonchev–Trinajstić information content (AvgIpc) is 3.34. The summed E-state index contributed by atoms with van der Waals surface area (Å²) in [7, 11) is -17.5. The van der Waals surface area contributed by atoms with Crippen LogP contribution in [0.5, 0.6) is 0 Å². The SMILES string of the molecule is O=C(C[n+]1ccn(CCC[Si](O)(O)O)c1)O[C@H]1CN[C@H](C(=O)O)C1.O=S(=O)([N-]S(=O)(=O)C(F)(F)F)C(F)(F)F. The molecule has 1 aliphatic heterocycles. The highest BCUT2D eigenvalue weighted by Gasteiger charge is 2.47. The fourth-order valence-corrected chi connectivity index (χ4v) is 5.07. The number of nitrogens with one attached hydrogen (secondary N) is 1. The lowest BCUT2D eigenvalue weighted by molar-refractivity contribution is -0.685. The molecule has 0 aromatic carbocycles. The molecule has 2 heterocycles. The number of carbonyl (C=O) groups is 2. The molecule has 2 atom stereocenters. The summed E-state index contributed by atoms with van der Waals surface area (Å²) in [5, 5.41) is 11.6. The number of esters is 1. The van der Waals surface area contributed by atoms with Crippen LogP contribution in [0, 0.1) is 0 Å². The monoisotopic (exact) mass is 640 g/mol. The number of ether oxygens (including phenoxy) is 1. The Morgan fingerprint density at radius 3 is 2.05 bits per heavy atom. The van der Waals surface area contributed by atoms with E-state index in [1.165, 1.54) is 0 Å². The van der Waals surface area contributed by atoms with Crippen molar-refractivity contribution in [2.45, 2.75) is 55.1 Å². The molecule has 1 aromatic rings. The first-order valence-corrected chi connectivity index (χ1v) is 15.1. The quantitative estimate of drug-likeness (QED) is 0.0852. The molecule has 226 valence electrons. The van der Waals surface area contributed by atoms with E-state index >= 15 is 0 Å². The summed E-state index contributed by atoms with van der Waals surface area (Å²) in [6, 6.07) is -0.732. The first-order valence-electron chi connectivity index (χ1n) is 10.2. The zero-order chi connectivity index (χ0) is 30.4. The van der Waals surface area contributed by atoms with Gasteiger partial charge in [0.1, 0.15) is 24.5 Å². The number of hydrogen-bond donors (Lipinski definition) is 5. The van der Waals surface area contributed by atoms with Gasteiger partial charge in [0.05, 0.1) is 6.54 Å². The van der Waals surface area contributed by atoms with E-state index in [1.54, 1.807) is 27.9 Å². The number of carboxylic acid groups (broad SMARTS) is 1. The Kier molecular flexibility index (Phi) is 11.4. The number of hydrogen-bond acceptors (Lipinski definition) is 11. The van der Waals surface area contributed by atoms with Gasteiger partial charge in [0.2, 0.25) is 6.33 Å². The Morgan fingerprint density at radius 2 is 1.62 bits per heavy atom. The second-order valence-electron chi connectivity index (χ2n) is 7.76. The van der Waals surface area contributed by atoms with Gasteiger partial charge in [-0.3, -0.25) is 4.79 Å². The van der Waals surface area contributed by atoms with Crippen molar-refractivity contribution >= 4 is 40.8 Å². The van der Waals surface area contributed by atoms with E-state index in [-0.39, 0.29) is 19.0 Å². The number of nitrogens with zero attached hydrogens (tertiary/aromatic N) is 3. The molecule has 0 bridgehead atoms. The van der Waals surface area contributed by atoms with Gasteiger partial charge in [0.25, 0.3) is 0 Å². The number of carboxylic acids is 1. The molecule has 0 spiro atoms. The minimum absolute atomic E-state index is 0.0000738. The first-order chi connectivity index (χ1) is 17.4. The molecule has 0 amide bonds. The predicted molar refractivity (Wildman–Crippen MR) is 114 cm³/mol. The highest BCUT2D eigenvalue weighted by molar-refractivity contribution is 8.13. The van der Waals surface area contributed by atoms with Gasteiger partial charge in [-0.15, -0.1) is 0 Å². The molecule has 2 rings (SSSR count). The molecular formula is C15H22F6N4O11S2Si. The Balaban J connectivity index is 0.000000439. The molecule has 0 radical (unpaired) electrons. The van der Waals surface area contributed by atoms with Crippen molar-refractivity contribution in [1.82, 2.24) is 9.88 Å². The van der Waals surface area contributed by atoms with E-state index in [0.29, 0.717) is 19.5 Å². The van der Waals surface area contributed by atoms with E-state index in [0.717, 1.165) is 4.13 Å². The second kappa shape index (κ2) is 12.9. The maximum absolute atomic E-state index is 11.9.